The van der Waals surface area contributed by atoms with Crippen LogP contribution >= 0.6 is 23.2 Å². The summed E-state index contributed by atoms with van der Waals surface area (Å²) in [5.74, 6) is 1.32. The van der Waals surface area contributed by atoms with Gasteiger partial charge in [0.15, 0.2) is 11.5 Å². The van der Waals surface area contributed by atoms with Crippen molar-refractivity contribution in [2.24, 2.45) is 0 Å². The van der Waals surface area contributed by atoms with E-state index in [-0.39, 0.29) is 5.91 Å². The third-order valence-corrected chi connectivity index (χ3v) is 6.26. The van der Waals surface area contributed by atoms with Gasteiger partial charge >= 0.3 is 0 Å². The number of nitrogens with zero attached hydrogens (tertiary/aromatic N) is 2. The molecule has 1 amide bonds. The summed E-state index contributed by atoms with van der Waals surface area (Å²) in [7, 11) is 6.40. The monoisotopic (exact) mass is 510 g/mol. The average molecular weight is 511 g/mol. The van der Waals surface area contributed by atoms with Gasteiger partial charge in [-0.1, -0.05) is 47.5 Å². The molecule has 6 nitrogen and oxygen atoms in total. The number of carbonyl (C=O) groups is 1. The summed E-state index contributed by atoms with van der Waals surface area (Å²) in [6, 6.07) is 18.2. The van der Waals surface area contributed by atoms with Gasteiger partial charge in [-0.2, -0.15) is 0 Å². The minimum Gasteiger partial charge on any atom is -0.493 e. The molecule has 8 heteroatoms. The van der Waals surface area contributed by atoms with Crippen molar-refractivity contribution >= 4 is 40.0 Å². The summed E-state index contributed by atoms with van der Waals surface area (Å²) < 4.78 is 16.4. The van der Waals surface area contributed by atoms with E-state index in [9.17, 15) is 4.79 Å². The van der Waals surface area contributed by atoms with E-state index in [2.05, 4.69) is 0 Å². The first kappa shape index (κ1) is 24.6. The van der Waals surface area contributed by atoms with Gasteiger partial charge in [-0.05, 0) is 42.0 Å². The molecule has 35 heavy (non-hydrogen) atoms. The van der Waals surface area contributed by atoms with E-state index in [1.807, 2.05) is 42.5 Å². The Morgan fingerprint density at radius 2 is 1.60 bits per heavy atom. The van der Waals surface area contributed by atoms with Crippen molar-refractivity contribution in [1.29, 1.82) is 0 Å². The fraction of sp³-hybridized carbons (Fsp3) is 0.185. The lowest BCUT2D eigenvalue weighted by Crippen LogP contribution is -2.26. The highest BCUT2D eigenvalue weighted by Crippen LogP contribution is 2.41. The van der Waals surface area contributed by atoms with Crippen molar-refractivity contribution < 1.29 is 19.0 Å². The highest BCUT2D eigenvalue weighted by Gasteiger charge is 2.20. The second-order valence-electron chi connectivity index (χ2n) is 7.88. The molecule has 0 aliphatic heterocycles. The van der Waals surface area contributed by atoms with Crippen LogP contribution in [0.3, 0.4) is 0 Å². The van der Waals surface area contributed by atoms with Crippen LogP contribution in [0.5, 0.6) is 17.2 Å². The molecule has 4 aromatic rings. The number of para-hydroxylation sites is 1. The first-order chi connectivity index (χ1) is 16.9. The van der Waals surface area contributed by atoms with Crippen molar-refractivity contribution in [2.75, 3.05) is 28.4 Å². The van der Waals surface area contributed by atoms with Crippen LogP contribution in [0.4, 0.5) is 0 Å². The van der Waals surface area contributed by atoms with Crippen molar-refractivity contribution in [3.05, 3.63) is 81.8 Å². The van der Waals surface area contributed by atoms with Crippen molar-refractivity contribution in [3.8, 4) is 28.5 Å². The lowest BCUT2D eigenvalue weighted by molar-refractivity contribution is 0.0787. The van der Waals surface area contributed by atoms with Crippen LogP contribution in [-0.2, 0) is 6.54 Å². The SMILES string of the molecule is COc1cc(-c2cc(C(=O)N(C)Cc3ccc(Cl)cc3Cl)c3ccccc3n2)cc(OC)c1OC. The Kier molecular flexibility index (Phi) is 7.34. The van der Waals surface area contributed by atoms with Gasteiger partial charge in [0.1, 0.15) is 0 Å². The lowest BCUT2D eigenvalue weighted by Gasteiger charge is -2.20. The van der Waals surface area contributed by atoms with Crippen LogP contribution in [0.2, 0.25) is 10.0 Å². The van der Waals surface area contributed by atoms with E-state index >= 15 is 0 Å². The van der Waals surface area contributed by atoms with Crippen molar-refractivity contribution in [2.45, 2.75) is 6.54 Å². The second-order valence-corrected chi connectivity index (χ2v) is 8.73. The predicted molar refractivity (Wildman–Crippen MR) is 139 cm³/mol. The van der Waals surface area contributed by atoms with E-state index in [0.717, 1.165) is 16.5 Å². The molecule has 0 spiro atoms. The molecule has 0 unspecified atom stereocenters. The van der Waals surface area contributed by atoms with Crippen LogP contribution in [0.25, 0.3) is 22.2 Å². The molecule has 1 heterocycles. The van der Waals surface area contributed by atoms with Gasteiger partial charge in [-0.25, -0.2) is 4.98 Å². The highest BCUT2D eigenvalue weighted by atomic mass is 35.5. The largest absolute Gasteiger partial charge is 0.493 e. The molecule has 180 valence electrons. The molecule has 0 saturated carbocycles. The Balaban J connectivity index is 1.80. The van der Waals surface area contributed by atoms with E-state index in [4.69, 9.17) is 42.4 Å². The Labute approximate surface area is 214 Å². The summed E-state index contributed by atoms with van der Waals surface area (Å²) in [5.41, 5.74) is 3.34. The maximum absolute atomic E-state index is 13.6. The Morgan fingerprint density at radius 1 is 0.914 bits per heavy atom. The lowest BCUT2D eigenvalue weighted by atomic mass is 10.0. The third kappa shape index (κ3) is 4.99. The minimum absolute atomic E-state index is 0.164. The molecule has 3 aromatic carbocycles. The molecule has 1 aromatic heterocycles. The van der Waals surface area contributed by atoms with Crippen LogP contribution in [0.1, 0.15) is 15.9 Å². The number of carbonyl (C=O) groups excluding carboxylic acids is 1. The summed E-state index contributed by atoms with van der Waals surface area (Å²) >= 11 is 12.4. The van der Waals surface area contributed by atoms with Crippen LogP contribution < -0.4 is 14.2 Å². The number of aromatic nitrogens is 1. The standard InChI is InChI=1S/C27H24Cl2N2O4/c1-31(15-16-9-10-18(28)13-21(16)29)27(32)20-14-23(30-22-8-6-5-7-19(20)22)17-11-24(33-2)26(35-4)25(12-17)34-3/h5-14H,15H2,1-4H3. The Morgan fingerprint density at radius 3 is 2.23 bits per heavy atom. The zero-order chi connectivity index (χ0) is 25.1. The van der Waals surface area contributed by atoms with E-state index in [0.29, 0.717) is 50.6 Å². The average Bonchev–Trinajstić information content (AvgIpc) is 2.88. The molecule has 0 aliphatic rings. The molecule has 4 rings (SSSR count). The van der Waals surface area contributed by atoms with E-state index in [1.165, 1.54) is 0 Å². The fourth-order valence-electron chi connectivity index (χ4n) is 3.91. The molecule has 0 bridgehead atoms. The first-order valence-corrected chi connectivity index (χ1v) is 11.5. The van der Waals surface area contributed by atoms with Crippen LogP contribution in [0, 0.1) is 0 Å². The summed E-state index contributed by atoms with van der Waals surface area (Å²) in [6.45, 7) is 0.324. The zero-order valence-electron chi connectivity index (χ0n) is 19.8. The quantitative estimate of drug-likeness (QED) is 0.283. The smallest absolute Gasteiger partial charge is 0.254 e. The third-order valence-electron chi connectivity index (χ3n) is 5.68. The number of fused-ring (bicyclic) bond motifs is 1. The van der Waals surface area contributed by atoms with Gasteiger partial charge in [0.25, 0.3) is 5.91 Å². The molecule has 0 radical (unpaired) electrons. The molecule has 0 atom stereocenters. The van der Waals surface area contributed by atoms with E-state index in [1.54, 1.807) is 51.5 Å². The van der Waals surface area contributed by atoms with Gasteiger partial charge in [0.05, 0.1) is 38.1 Å². The summed E-state index contributed by atoms with van der Waals surface area (Å²) in [4.78, 5) is 20.1. The zero-order valence-corrected chi connectivity index (χ0v) is 21.3. The molecular formula is C27H24Cl2N2O4. The summed E-state index contributed by atoms with van der Waals surface area (Å²) in [6.07, 6.45) is 0. The first-order valence-electron chi connectivity index (χ1n) is 10.8. The topological polar surface area (TPSA) is 60.9 Å². The van der Waals surface area contributed by atoms with E-state index < -0.39 is 0 Å². The Hall–Kier alpha value is -3.48. The van der Waals surface area contributed by atoms with Crippen molar-refractivity contribution in [1.82, 2.24) is 9.88 Å². The second kappa shape index (κ2) is 10.4. The molecule has 0 fully saturated rings. The number of methoxy groups -OCH3 is 3. The number of ether oxygens (including phenoxy) is 3. The van der Waals surface area contributed by atoms with Crippen molar-refractivity contribution in [3.63, 3.8) is 0 Å². The number of amides is 1. The van der Waals surface area contributed by atoms with Gasteiger partial charge in [-0.15, -0.1) is 0 Å². The minimum atomic E-state index is -0.164. The maximum Gasteiger partial charge on any atom is 0.254 e. The summed E-state index contributed by atoms with van der Waals surface area (Å²) in [5, 5.41) is 1.81. The molecule has 0 aliphatic carbocycles. The normalized spacial score (nSPS) is 10.8. The van der Waals surface area contributed by atoms with Crippen LogP contribution in [0.15, 0.2) is 60.7 Å². The molecular weight excluding hydrogens is 487 g/mol. The molecule has 0 saturated heterocycles. The molecule has 0 N–H and O–H groups in total. The fourth-order valence-corrected chi connectivity index (χ4v) is 4.38. The maximum atomic E-state index is 13.6. The van der Waals surface area contributed by atoms with Crippen LogP contribution in [-0.4, -0.2) is 44.2 Å². The number of hydrogen-bond acceptors (Lipinski definition) is 5. The van der Waals surface area contributed by atoms with Gasteiger partial charge < -0.3 is 19.1 Å². The number of pyridine rings is 1. The predicted octanol–water partition coefficient (Wildman–Crippen LogP) is 6.51. The highest BCUT2D eigenvalue weighted by molar-refractivity contribution is 6.35. The number of rotatable bonds is 7. The Bertz CT molecular complexity index is 1380. The number of halogens is 2. The number of hydrogen-bond donors (Lipinski definition) is 0. The van der Waals surface area contributed by atoms with Gasteiger partial charge in [0, 0.05) is 34.6 Å². The van der Waals surface area contributed by atoms with Gasteiger partial charge in [0.2, 0.25) is 5.75 Å². The number of benzene rings is 3. The van der Waals surface area contributed by atoms with Gasteiger partial charge in [-0.3, -0.25) is 4.79 Å².